The average Bonchev–Trinajstić information content (AvgIpc) is 3.16. The molecule has 0 saturated heterocycles. The Hall–Kier alpha value is -3.29. The van der Waals surface area contributed by atoms with Crippen molar-refractivity contribution >= 4 is 46.9 Å². The normalized spacial score (nSPS) is 10.7. The molecule has 7 nitrogen and oxygen atoms in total. The molecule has 0 aliphatic carbocycles. The third-order valence-corrected chi connectivity index (χ3v) is 4.12. The number of hydrogen-bond acceptors (Lipinski definition) is 5. The quantitative estimate of drug-likeness (QED) is 0.356. The first-order valence-corrected chi connectivity index (χ1v) is 9.05. The summed E-state index contributed by atoms with van der Waals surface area (Å²) in [7, 11) is 1.53. The number of halogens is 2. The first-order chi connectivity index (χ1) is 13.9. The summed E-state index contributed by atoms with van der Waals surface area (Å²) in [5.74, 6) is -0.257. The van der Waals surface area contributed by atoms with Crippen LogP contribution in [0.2, 0.25) is 10.0 Å². The Balaban J connectivity index is 1.57. The second kappa shape index (κ2) is 9.27. The summed E-state index contributed by atoms with van der Waals surface area (Å²) < 4.78 is 10.6. The van der Waals surface area contributed by atoms with Gasteiger partial charge < -0.3 is 14.5 Å². The van der Waals surface area contributed by atoms with E-state index < -0.39 is 11.8 Å². The van der Waals surface area contributed by atoms with Gasteiger partial charge >= 0.3 is 11.8 Å². The SMILES string of the molecule is COc1ccc(NC(=O)C(=O)N/N=C\c2ccc(-c3cc(Cl)cc(Cl)c3)o2)cc1. The molecule has 2 amide bonds. The standard InChI is InChI=1S/C20H15Cl2N3O4/c1-28-16-4-2-15(3-5-16)24-19(26)20(27)25-23-11-17-6-7-18(29-17)12-8-13(21)10-14(22)9-12/h2-11H,1H3,(H,24,26)(H,25,27)/b23-11-. The fourth-order valence-electron chi connectivity index (χ4n) is 2.34. The summed E-state index contributed by atoms with van der Waals surface area (Å²) >= 11 is 12.0. The van der Waals surface area contributed by atoms with Crippen LogP contribution in [0.4, 0.5) is 5.69 Å². The van der Waals surface area contributed by atoms with Crippen molar-refractivity contribution in [2.24, 2.45) is 5.10 Å². The minimum Gasteiger partial charge on any atom is -0.497 e. The van der Waals surface area contributed by atoms with E-state index in [9.17, 15) is 9.59 Å². The van der Waals surface area contributed by atoms with Crippen molar-refractivity contribution in [1.82, 2.24) is 5.43 Å². The predicted octanol–water partition coefficient (Wildman–Crippen LogP) is 4.35. The lowest BCUT2D eigenvalue weighted by Gasteiger charge is -2.05. The number of carbonyl (C=O) groups excluding carboxylic acids is 2. The second-order valence-corrected chi connectivity index (χ2v) is 6.61. The number of anilines is 1. The van der Waals surface area contributed by atoms with Crippen LogP contribution in [-0.4, -0.2) is 25.1 Å². The van der Waals surface area contributed by atoms with E-state index in [0.717, 1.165) is 0 Å². The molecule has 3 aromatic rings. The zero-order valence-electron chi connectivity index (χ0n) is 15.1. The lowest BCUT2D eigenvalue weighted by atomic mass is 10.2. The lowest BCUT2D eigenvalue weighted by Crippen LogP contribution is -2.32. The van der Waals surface area contributed by atoms with E-state index >= 15 is 0 Å². The highest BCUT2D eigenvalue weighted by Gasteiger charge is 2.13. The second-order valence-electron chi connectivity index (χ2n) is 5.74. The summed E-state index contributed by atoms with van der Waals surface area (Å²) in [6.07, 6.45) is 1.27. The van der Waals surface area contributed by atoms with Gasteiger partial charge in [0.25, 0.3) is 0 Å². The van der Waals surface area contributed by atoms with E-state index in [0.29, 0.717) is 38.6 Å². The highest BCUT2D eigenvalue weighted by atomic mass is 35.5. The van der Waals surface area contributed by atoms with Crippen molar-refractivity contribution in [2.45, 2.75) is 0 Å². The molecule has 0 unspecified atom stereocenters. The van der Waals surface area contributed by atoms with E-state index in [1.165, 1.54) is 13.3 Å². The van der Waals surface area contributed by atoms with Gasteiger partial charge in [-0.1, -0.05) is 23.2 Å². The summed E-state index contributed by atoms with van der Waals surface area (Å²) in [6, 6.07) is 14.9. The molecule has 0 radical (unpaired) electrons. The van der Waals surface area contributed by atoms with Gasteiger partial charge in [0.05, 0.1) is 13.3 Å². The number of carbonyl (C=O) groups is 2. The fourth-order valence-corrected chi connectivity index (χ4v) is 2.87. The van der Waals surface area contributed by atoms with Crippen molar-refractivity contribution in [3.8, 4) is 17.1 Å². The Labute approximate surface area is 176 Å². The van der Waals surface area contributed by atoms with Crippen LogP contribution in [0.5, 0.6) is 5.75 Å². The van der Waals surface area contributed by atoms with Gasteiger partial charge in [0.2, 0.25) is 0 Å². The number of hydrazone groups is 1. The van der Waals surface area contributed by atoms with Crippen LogP contribution in [0.15, 0.2) is 64.1 Å². The molecule has 2 N–H and O–H groups in total. The minimum atomic E-state index is -0.925. The van der Waals surface area contributed by atoms with Gasteiger partial charge in [-0.25, -0.2) is 5.43 Å². The summed E-state index contributed by atoms with van der Waals surface area (Å²) in [6.45, 7) is 0. The Morgan fingerprint density at radius 1 is 1.00 bits per heavy atom. The molecule has 1 heterocycles. The van der Waals surface area contributed by atoms with Crippen LogP contribution < -0.4 is 15.5 Å². The van der Waals surface area contributed by atoms with E-state index in [1.807, 2.05) is 0 Å². The Morgan fingerprint density at radius 3 is 2.34 bits per heavy atom. The van der Waals surface area contributed by atoms with Crippen LogP contribution in [0.3, 0.4) is 0 Å². The van der Waals surface area contributed by atoms with Gasteiger partial charge in [0, 0.05) is 21.3 Å². The smallest absolute Gasteiger partial charge is 0.329 e. The molecule has 0 bridgehead atoms. The Bertz CT molecular complexity index is 1040. The first-order valence-electron chi connectivity index (χ1n) is 8.29. The monoisotopic (exact) mass is 431 g/mol. The van der Waals surface area contributed by atoms with E-state index in [1.54, 1.807) is 54.6 Å². The van der Waals surface area contributed by atoms with Crippen molar-refractivity contribution in [2.75, 3.05) is 12.4 Å². The van der Waals surface area contributed by atoms with Crippen molar-refractivity contribution in [3.05, 3.63) is 70.4 Å². The molecule has 0 fully saturated rings. The third kappa shape index (κ3) is 5.60. The number of ether oxygens (including phenoxy) is 1. The van der Waals surface area contributed by atoms with Crippen molar-refractivity contribution in [1.29, 1.82) is 0 Å². The summed E-state index contributed by atoms with van der Waals surface area (Å²) in [4.78, 5) is 23.7. The molecule has 0 saturated carbocycles. The molecule has 3 rings (SSSR count). The zero-order valence-corrected chi connectivity index (χ0v) is 16.6. The van der Waals surface area contributed by atoms with E-state index in [2.05, 4.69) is 15.8 Å². The summed E-state index contributed by atoms with van der Waals surface area (Å²) in [5.41, 5.74) is 3.28. The van der Waals surface area contributed by atoms with Crippen LogP contribution in [0.1, 0.15) is 5.76 Å². The number of furan rings is 1. The number of rotatable bonds is 5. The van der Waals surface area contributed by atoms with Crippen molar-refractivity contribution in [3.63, 3.8) is 0 Å². The van der Waals surface area contributed by atoms with Gasteiger partial charge in [-0.05, 0) is 54.6 Å². The number of nitrogens with zero attached hydrogens (tertiary/aromatic N) is 1. The molecule has 0 aliphatic rings. The van der Waals surface area contributed by atoms with E-state index in [4.69, 9.17) is 32.4 Å². The average molecular weight is 432 g/mol. The Kier molecular flexibility index (Phi) is 6.54. The maximum absolute atomic E-state index is 11.9. The van der Waals surface area contributed by atoms with Gasteiger partial charge in [-0.2, -0.15) is 5.10 Å². The molecular formula is C20H15Cl2N3O4. The van der Waals surface area contributed by atoms with Gasteiger partial charge in [0.1, 0.15) is 17.3 Å². The molecule has 0 spiro atoms. The topological polar surface area (TPSA) is 92.9 Å². The number of methoxy groups -OCH3 is 1. The molecule has 9 heteroatoms. The lowest BCUT2D eigenvalue weighted by molar-refractivity contribution is -0.136. The van der Waals surface area contributed by atoms with Gasteiger partial charge in [0.15, 0.2) is 0 Å². The maximum atomic E-state index is 11.9. The zero-order chi connectivity index (χ0) is 20.8. The third-order valence-electron chi connectivity index (χ3n) is 3.69. The van der Waals surface area contributed by atoms with Crippen LogP contribution in [0, 0.1) is 0 Å². The maximum Gasteiger partial charge on any atom is 0.329 e. The molecule has 0 aliphatic heterocycles. The number of benzene rings is 2. The first kappa shape index (κ1) is 20.4. The van der Waals surface area contributed by atoms with Crippen LogP contribution >= 0.6 is 23.2 Å². The van der Waals surface area contributed by atoms with Crippen molar-refractivity contribution < 1.29 is 18.7 Å². The highest BCUT2D eigenvalue weighted by molar-refractivity contribution is 6.39. The molecule has 148 valence electrons. The molecule has 2 aromatic carbocycles. The van der Waals surface area contributed by atoms with E-state index in [-0.39, 0.29) is 0 Å². The minimum absolute atomic E-state index is 0.368. The molecule has 1 aromatic heterocycles. The largest absolute Gasteiger partial charge is 0.497 e. The Morgan fingerprint density at radius 2 is 1.69 bits per heavy atom. The van der Waals surface area contributed by atoms with Crippen LogP contribution in [-0.2, 0) is 9.59 Å². The van der Waals surface area contributed by atoms with Gasteiger partial charge in [-0.3, -0.25) is 9.59 Å². The van der Waals surface area contributed by atoms with Gasteiger partial charge in [-0.15, -0.1) is 0 Å². The van der Waals surface area contributed by atoms with Crippen LogP contribution in [0.25, 0.3) is 11.3 Å². The molecule has 29 heavy (non-hydrogen) atoms. The number of hydrogen-bond donors (Lipinski definition) is 2. The molecular weight excluding hydrogens is 417 g/mol. The number of nitrogens with one attached hydrogen (secondary N) is 2. The summed E-state index contributed by atoms with van der Waals surface area (Å²) in [5, 5.41) is 7.13. The molecule has 0 atom stereocenters. The highest BCUT2D eigenvalue weighted by Crippen LogP contribution is 2.28. The predicted molar refractivity (Wildman–Crippen MR) is 112 cm³/mol. The fraction of sp³-hybridized carbons (Fsp3) is 0.0500. The number of amides is 2.